The number of amides is 1. The molecule has 0 aliphatic carbocycles. The molecule has 1 amide bonds. The van der Waals surface area contributed by atoms with E-state index in [1.54, 1.807) is 30.0 Å². The zero-order valence-corrected chi connectivity index (χ0v) is 11.6. The number of nitrogens with zero attached hydrogens (tertiary/aromatic N) is 1. The van der Waals surface area contributed by atoms with Crippen LogP contribution < -0.4 is 16.0 Å². The SMILES string of the molecule is O=C(NCCNc1ccccc1[N+](=O)[O-])C1CSCN1. The van der Waals surface area contributed by atoms with E-state index >= 15 is 0 Å². The Kier molecular flexibility index (Phi) is 5.19. The van der Waals surface area contributed by atoms with Crippen LogP contribution in [0.4, 0.5) is 11.4 Å². The fourth-order valence-electron chi connectivity index (χ4n) is 1.85. The molecule has 1 saturated heterocycles. The van der Waals surface area contributed by atoms with E-state index in [2.05, 4.69) is 16.0 Å². The normalized spacial score (nSPS) is 17.7. The smallest absolute Gasteiger partial charge is 0.292 e. The molecule has 0 saturated carbocycles. The predicted octanol–water partition coefficient (Wildman–Crippen LogP) is 0.785. The number of hydrogen-bond donors (Lipinski definition) is 3. The molecule has 108 valence electrons. The second-order valence-corrected chi connectivity index (χ2v) is 5.29. The highest BCUT2D eigenvalue weighted by Gasteiger charge is 2.21. The summed E-state index contributed by atoms with van der Waals surface area (Å²) in [6, 6.07) is 6.31. The van der Waals surface area contributed by atoms with Gasteiger partial charge in [-0.3, -0.25) is 20.2 Å². The molecule has 20 heavy (non-hydrogen) atoms. The fourth-order valence-corrected chi connectivity index (χ4v) is 2.79. The third kappa shape index (κ3) is 3.84. The summed E-state index contributed by atoms with van der Waals surface area (Å²) in [5.74, 6) is 1.55. The quantitative estimate of drug-likeness (QED) is 0.408. The average Bonchev–Trinajstić information content (AvgIpc) is 2.98. The summed E-state index contributed by atoms with van der Waals surface area (Å²) in [4.78, 5) is 22.1. The van der Waals surface area contributed by atoms with Crippen LogP contribution in [0, 0.1) is 10.1 Å². The van der Waals surface area contributed by atoms with Crippen molar-refractivity contribution in [1.29, 1.82) is 0 Å². The summed E-state index contributed by atoms with van der Waals surface area (Å²) in [5.41, 5.74) is 0.494. The van der Waals surface area contributed by atoms with Crippen molar-refractivity contribution in [1.82, 2.24) is 10.6 Å². The summed E-state index contributed by atoms with van der Waals surface area (Å²) in [5, 5.41) is 19.7. The number of para-hydroxylation sites is 2. The van der Waals surface area contributed by atoms with Crippen molar-refractivity contribution in [3.05, 3.63) is 34.4 Å². The van der Waals surface area contributed by atoms with Gasteiger partial charge < -0.3 is 10.6 Å². The van der Waals surface area contributed by atoms with E-state index < -0.39 is 4.92 Å². The molecule has 1 unspecified atom stereocenters. The summed E-state index contributed by atoms with van der Waals surface area (Å²) in [7, 11) is 0. The Morgan fingerprint density at radius 1 is 1.45 bits per heavy atom. The molecule has 1 fully saturated rings. The minimum Gasteiger partial charge on any atom is -0.378 e. The van der Waals surface area contributed by atoms with E-state index in [0.29, 0.717) is 18.8 Å². The average molecular weight is 296 g/mol. The zero-order valence-electron chi connectivity index (χ0n) is 10.8. The number of nitrogens with one attached hydrogen (secondary N) is 3. The van der Waals surface area contributed by atoms with E-state index in [9.17, 15) is 14.9 Å². The van der Waals surface area contributed by atoms with Gasteiger partial charge in [0.25, 0.3) is 5.69 Å². The maximum absolute atomic E-state index is 11.7. The number of carbonyl (C=O) groups excluding carboxylic acids is 1. The molecule has 0 aromatic heterocycles. The highest BCUT2D eigenvalue weighted by Crippen LogP contribution is 2.22. The summed E-state index contributed by atoms with van der Waals surface area (Å²) < 4.78 is 0. The third-order valence-electron chi connectivity index (χ3n) is 2.87. The first-order chi connectivity index (χ1) is 9.68. The lowest BCUT2D eigenvalue weighted by Crippen LogP contribution is -2.43. The van der Waals surface area contributed by atoms with Gasteiger partial charge in [-0.2, -0.15) is 0 Å². The first kappa shape index (κ1) is 14.6. The van der Waals surface area contributed by atoms with Gasteiger partial charge in [-0.05, 0) is 6.07 Å². The van der Waals surface area contributed by atoms with E-state index in [1.807, 2.05) is 0 Å². The molecule has 1 aliphatic heterocycles. The van der Waals surface area contributed by atoms with Gasteiger partial charge >= 0.3 is 0 Å². The first-order valence-electron chi connectivity index (χ1n) is 6.24. The lowest BCUT2D eigenvalue weighted by atomic mass is 10.2. The molecule has 0 radical (unpaired) electrons. The van der Waals surface area contributed by atoms with Crippen molar-refractivity contribution in [3.8, 4) is 0 Å². The van der Waals surface area contributed by atoms with Gasteiger partial charge in [-0.25, -0.2) is 0 Å². The largest absolute Gasteiger partial charge is 0.378 e. The highest BCUT2D eigenvalue weighted by atomic mass is 32.2. The Labute approximate surface area is 120 Å². The molecular formula is C12H16N4O3S. The van der Waals surface area contributed by atoms with Crippen molar-refractivity contribution in [2.45, 2.75) is 6.04 Å². The van der Waals surface area contributed by atoms with Crippen LogP contribution in [0.1, 0.15) is 0 Å². The molecular weight excluding hydrogens is 280 g/mol. The zero-order chi connectivity index (χ0) is 14.4. The van der Waals surface area contributed by atoms with Crippen LogP contribution in [0.25, 0.3) is 0 Å². The molecule has 1 aliphatic rings. The van der Waals surface area contributed by atoms with Crippen LogP contribution in [0.3, 0.4) is 0 Å². The maximum atomic E-state index is 11.7. The van der Waals surface area contributed by atoms with E-state index in [0.717, 1.165) is 11.6 Å². The maximum Gasteiger partial charge on any atom is 0.292 e. The van der Waals surface area contributed by atoms with Gasteiger partial charge in [0, 0.05) is 30.8 Å². The van der Waals surface area contributed by atoms with Crippen LogP contribution in [0.2, 0.25) is 0 Å². The molecule has 1 atom stereocenters. The minimum atomic E-state index is -0.430. The molecule has 0 spiro atoms. The topological polar surface area (TPSA) is 96.3 Å². The number of rotatable bonds is 6. The molecule has 0 bridgehead atoms. The number of thioether (sulfide) groups is 1. The molecule has 7 nitrogen and oxygen atoms in total. The van der Waals surface area contributed by atoms with Crippen molar-refractivity contribution in [2.75, 3.05) is 30.0 Å². The van der Waals surface area contributed by atoms with Crippen LogP contribution in [-0.2, 0) is 4.79 Å². The Hall–Kier alpha value is -1.80. The second kappa shape index (κ2) is 7.11. The fraction of sp³-hybridized carbons (Fsp3) is 0.417. The van der Waals surface area contributed by atoms with Gasteiger partial charge in [0.1, 0.15) is 5.69 Å². The molecule has 2 rings (SSSR count). The van der Waals surface area contributed by atoms with Gasteiger partial charge in [-0.1, -0.05) is 12.1 Å². The summed E-state index contributed by atoms with van der Waals surface area (Å²) in [6.07, 6.45) is 0. The monoisotopic (exact) mass is 296 g/mol. The second-order valence-electron chi connectivity index (χ2n) is 4.26. The molecule has 3 N–H and O–H groups in total. The molecule has 1 heterocycles. The number of nitro benzene ring substituents is 1. The first-order valence-corrected chi connectivity index (χ1v) is 7.40. The number of carbonyl (C=O) groups is 1. The highest BCUT2D eigenvalue weighted by molar-refractivity contribution is 7.99. The number of benzene rings is 1. The lowest BCUT2D eigenvalue weighted by Gasteiger charge is -2.11. The Bertz CT molecular complexity index is 491. The minimum absolute atomic E-state index is 0.0284. The standard InChI is InChI=1S/C12H16N4O3S/c17-12(10-7-20-8-15-10)14-6-5-13-9-3-1-2-4-11(9)16(18)19/h1-4,10,13,15H,5-8H2,(H,14,17). The van der Waals surface area contributed by atoms with E-state index in [-0.39, 0.29) is 17.6 Å². The van der Waals surface area contributed by atoms with Crippen LogP contribution >= 0.6 is 11.8 Å². The van der Waals surface area contributed by atoms with Crippen LogP contribution in [0.15, 0.2) is 24.3 Å². The Balaban J connectivity index is 1.76. The molecule has 1 aromatic carbocycles. The molecule has 8 heteroatoms. The van der Waals surface area contributed by atoms with Gasteiger partial charge in [-0.15, -0.1) is 11.8 Å². The van der Waals surface area contributed by atoms with Crippen molar-refractivity contribution in [2.24, 2.45) is 0 Å². The number of anilines is 1. The van der Waals surface area contributed by atoms with Crippen molar-refractivity contribution in [3.63, 3.8) is 0 Å². The Morgan fingerprint density at radius 2 is 2.25 bits per heavy atom. The van der Waals surface area contributed by atoms with Crippen molar-refractivity contribution < 1.29 is 9.72 Å². The Morgan fingerprint density at radius 3 is 2.95 bits per heavy atom. The van der Waals surface area contributed by atoms with Crippen LogP contribution in [0.5, 0.6) is 0 Å². The summed E-state index contributed by atoms with van der Waals surface area (Å²) in [6.45, 7) is 0.865. The third-order valence-corrected chi connectivity index (χ3v) is 3.81. The van der Waals surface area contributed by atoms with Gasteiger partial charge in [0.15, 0.2) is 0 Å². The molecule has 1 aromatic rings. The predicted molar refractivity (Wildman–Crippen MR) is 78.8 cm³/mol. The van der Waals surface area contributed by atoms with E-state index in [1.165, 1.54) is 6.07 Å². The number of hydrogen-bond acceptors (Lipinski definition) is 6. The summed E-state index contributed by atoms with van der Waals surface area (Å²) >= 11 is 1.69. The van der Waals surface area contributed by atoms with Crippen LogP contribution in [-0.4, -0.2) is 41.6 Å². The van der Waals surface area contributed by atoms with E-state index in [4.69, 9.17) is 0 Å². The van der Waals surface area contributed by atoms with Crippen molar-refractivity contribution >= 4 is 29.0 Å². The number of nitro groups is 1. The van der Waals surface area contributed by atoms with Gasteiger partial charge in [0.2, 0.25) is 5.91 Å². The van der Waals surface area contributed by atoms with Gasteiger partial charge in [0.05, 0.1) is 11.0 Å². The lowest BCUT2D eigenvalue weighted by molar-refractivity contribution is -0.384.